The molecule has 86 valence electrons. The van der Waals surface area contributed by atoms with Crippen LogP contribution in [0.4, 0.5) is 0 Å². The topological polar surface area (TPSA) is 61.0 Å². The van der Waals surface area contributed by atoms with Gasteiger partial charge in [-0.2, -0.15) is 5.10 Å². The van der Waals surface area contributed by atoms with Crippen LogP contribution in [0.25, 0.3) is 0 Å². The zero-order valence-corrected chi connectivity index (χ0v) is 9.15. The van der Waals surface area contributed by atoms with Crippen LogP contribution in [0.3, 0.4) is 0 Å². The summed E-state index contributed by atoms with van der Waals surface area (Å²) < 4.78 is 0. The maximum atomic E-state index is 12.2. The molecule has 5 heteroatoms. The van der Waals surface area contributed by atoms with Crippen LogP contribution in [0.15, 0.2) is 12.4 Å². The Kier molecular flexibility index (Phi) is 2.40. The quantitative estimate of drug-likeness (QED) is 0.712. The van der Waals surface area contributed by atoms with E-state index in [1.165, 1.54) is 6.42 Å². The molecule has 2 saturated heterocycles. The van der Waals surface area contributed by atoms with Crippen molar-refractivity contribution >= 4 is 5.91 Å². The summed E-state index contributed by atoms with van der Waals surface area (Å²) in [7, 11) is 0. The van der Waals surface area contributed by atoms with Gasteiger partial charge in [0.2, 0.25) is 0 Å². The van der Waals surface area contributed by atoms with E-state index in [0.717, 1.165) is 26.1 Å². The van der Waals surface area contributed by atoms with Crippen LogP contribution in [0.2, 0.25) is 0 Å². The molecule has 2 aliphatic heterocycles. The van der Waals surface area contributed by atoms with Gasteiger partial charge in [-0.15, -0.1) is 0 Å². The number of nitrogens with zero attached hydrogens (tertiary/aromatic N) is 2. The first-order valence-corrected chi connectivity index (χ1v) is 5.87. The second kappa shape index (κ2) is 3.90. The summed E-state index contributed by atoms with van der Waals surface area (Å²) >= 11 is 0. The van der Waals surface area contributed by atoms with E-state index in [0.29, 0.717) is 17.5 Å². The number of rotatable bonds is 1. The highest BCUT2D eigenvalue weighted by Gasteiger charge is 2.37. The van der Waals surface area contributed by atoms with Gasteiger partial charge in [-0.3, -0.25) is 9.89 Å². The van der Waals surface area contributed by atoms with Gasteiger partial charge in [-0.25, -0.2) is 0 Å². The molecule has 1 aromatic rings. The molecule has 0 radical (unpaired) electrons. The molecule has 2 atom stereocenters. The fourth-order valence-electron chi connectivity index (χ4n) is 2.85. The molecule has 2 aliphatic rings. The number of aromatic nitrogens is 2. The number of H-pyrrole nitrogens is 1. The summed E-state index contributed by atoms with van der Waals surface area (Å²) in [5, 5.41) is 9.91. The smallest absolute Gasteiger partial charge is 0.257 e. The van der Waals surface area contributed by atoms with E-state index in [-0.39, 0.29) is 5.91 Å². The minimum Gasteiger partial charge on any atom is -0.334 e. The van der Waals surface area contributed by atoms with Crippen LogP contribution >= 0.6 is 0 Å². The average Bonchev–Trinajstić information content (AvgIpc) is 2.98. The second-order valence-corrected chi connectivity index (χ2v) is 4.61. The third kappa shape index (κ3) is 1.51. The molecule has 3 heterocycles. The fraction of sp³-hybridized carbons (Fsp3) is 0.636. The minimum absolute atomic E-state index is 0.118. The lowest BCUT2D eigenvalue weighted by molar-refractivity contribution is 0.0575. The maximum Gasteiger partial charge on any atom is 0.257 e. The van der Waals surface area contributed by atoms with Gasteiger partial charge >= 0.3 is 0 Å². The van der Waals surface area contributed by atoms with Crippen LogP contribution in [0.1, 0.15) is 23.2 Å². The fourth-order valence-corrected chi connectivity index (χ4v) is 2.85. The van der Waals surface area contributed by atoms with E-state index in [9.17, 15) is 4.79 Å². The van der Waals surface area contributed by atoms with Crippen molar-refractivity contribution in [1.29, 1.82) is 0 Å². The number of aromatic amines is 1. The van der Waals surface area contributed by atoms with Gasteiger partial charge in [-0.05, 0) is 18.8 Å². The van der Waals surface area contributed by atoms with E-state index in [1.807, 2.05) is 4.90 Å². The summed E-state index contributed by atoms with van der Waals surface area (Å²) in [6.07, 6.45) is 5.64. The maximum absolute atomic E-state index is 12.2. The van der Waals surface area contributed by atoms with Crippen LogP contribution in [0.5, 0.6) is 0 Å². The Morgan fingerprint density at radius 3 is 3.25 bits per heavy atom. The van der Waals surface area contributed by atoms with Gasteiger partial charge in [0.15, 0.2) is 0 Å². The van der Waals surface area contributed by atoms with E-state index in [2.05, 4.69) is 15.5 Å². The monoisotopic (exact) mass is 220 g/mol. The molecule has 2 unspecified atom stereocenters. The molecule has 0 aromatic carbocycles. The average molecular weight is 220 g/mol. The molecule has 0 aliphatic carbocycles. The molecule has 0 spiro atoms. The molecule has 2 fully saturated rings. The number of likely N-dealkylation sites (tertiary alicyclic amines) is 1. The Morgan fingerprint density at radius 1 is 1.50 bits per heavy atom. The molecule has 0 bridgehead atoms. The largest absolute Gasteiger partial charge is 0.334 e. The third-order valence-corrected chi connectivity index (χ3v) is 3.68. The number of hydrogen-bond donors (Lipinski definition) is 2. The van der Waals surface area contributed by atoms with Crippen molar-refractivity contribution in [2.75, 3.05) is 19.6 Å². The van der Waals surface area contributed by atoms with Gasteiger partial charge in [0.1, 0.15) is 0 Å². The summed E-state index contributed by atoms with van der Waals surface area (Å²) in [4.78, 5) is 14.3. The molecule has 1 amide bonds. The summed E-state index contributed by atoms with van der Waals surface area (Å²) in [6, 6.07) is 0.385. The summed E-state index contributed by atoms with van der Waals surface area (Å²) in [5.74, 6) is 0.761. The van der Waals surface area contributed by atoms with Gasteiger partial charge < -0.3 is 10.2 Å². The molecule has 0 saturated carbocycles. The van der Waals surface area contributed by atoms with Crippen molar-refractivity contribution in [3.63, 3.8) is 0 Å². The minimum atomic E-state index is 0.118. The van der Waals surface area contributed by atoms with Crippen molar-refractivity contribution < 1.29 is 4.79 Å². The third-order valence-electron chi connectivity index (χ3n) is 3.68. The number of carbonyl (C=O) groups excluding carboxylic acids is 1. The number of amides is 1. The van der Waals surface area contributed by atoms with Crippen LogP contribution in [-0.4, -0.2) is 46.7 Å². The lowest BCUT2D eigenvalue weighted by Gasteiger charge is -2.36. The molecular formula is C11H16N4O. The Hall–Kier alpha value is -1.36. The first-order valence-electron chi connectivity index (χ1n) is 5.87. The number of nitrogens with one attached hydrogen (secondary N) is 2. The van der Waals surface area contributed by atoms with Gasteiger partial charge in [0.25, 0.3) is 5.91 Å². The van der Waals surface area contributed by atoms with E-state index < -0.39 is 0 Å². The molecule has 16 heavy (non-hydrogen) atoms. The highest BCUT2D eigenvalue weighted by atomic mass is 16.2. The normalized spacial score (nSPS) is 29.1. The van der Waals surface area contributed by atoms with Crippen molar-refractivity contribution in [2.45, 2.75) is 18.9 Å². The van der Waals surface area contributed by atoms with E-state index in [1.54, 1.807) is 12.4 Å². The molecule has 3 rings (SSSR count). The predicted octanol–water partition coefficient (Wildman–Crippen LogP) is 0.234. The van der Waals surface area contributed by atoms with E-state index in [4.69, 9.17) is 0 Å². The van der Waals surface area contributed by atoms with Gasteiger partial charge in [-0.1, -0.05) is 0 Å². The lowest BCUT2D eigenvalue weighted by atomic mass is 9.91. The first-order chi connectivity index (χ1) is 7.86. The van der Waals surface area contributed by atoms with Crippen LogP contribution < -0.4 is 5.32 Å². The van der Waals surface area contributed by atoms with Gasteiger partial charge in [0.05, 0.1) is 11.8 Å². The Labute approximate surface area is 94.2 Å². The second-order valence-electron chi connectivity index (χ2n) is 4.61. The number of carbonyl (C=O) groups is 1. The zero-order valence-electron chi connectivity index (χ0n) is 9.15. The van der Waals surface area contributed by atoms with E-state index >= 15 is 0 Å². The predicted molar refractivity (Wildman–Crippen MR) is 59.0 cm³/mol. The standard InChI is InChI=1S/C11H16N4O/c16-11(9-5-13-14-6-9)15-3-1-2-8-4-12-7-10(8)15/h5-6,8,10,12H,1-4,7H2,(H,13,14). The summed E-state index contributed by atoms with van der Waals surface area (Å²) in [5.41, 5.74) is 0.674. The summed E-state index contributed by atoms with van der Waals surface area (Å²) in [6.45, 7) is 2.88. The van der Waals surface area contributed by atoms with Crippen LogP contribution in [0, 0.1) is 5.92 Å². The highest BCUT2D eigenvalue weighted by molar-refractivity contribution is 5.94. The number of hydrogen-bond acceptors (Lipinski definition) is 3. The number of piperidine rings is 1. The molecule has 2 N–H and O–H groups in total. The first kappa shape index (κ1) is 9.84. The molecule has 5 nitrogen and oxygen atoms in total. The Balaban J connectivity index is 1.80. The number of fused-ring (bicyclic) bond motifs is 1. The van der Waals surface area contributed by atoms with Crippen molar-refractivity contribution in [3.05, 3.63) is 18.0 Å². The van der Waals surface area contributed by atoms with Crippen LogP contribution in [-0.2, 0) is 0 Å². The van der Waals surface area contributed by atoms with Crippen molar-refractivity contribution in [3.8, 4) is 0 Å². The SMILES string of the molecule is O=C(c1cn[nH]c1)N1CCCC2CNCC21. The highest BCUT2D eigenvalue weighted by Crippen LogP contribution is 2.27. The zero-order chi connectivity index (χ0) is 11.0. The van der Waals surface area contributed by atoms with Crippen molar-refractivity contribution in [2.24, 2.45) is 5.92 Å². The van der Waals surface area contributed by atoms with Gasteiger partial charge in [0, 0.05) is 31.9 Å². The Morgan fingerprint density at radius 2 is 2.44 bits per heavy atom. The van der Waals surface area contributed by atoms with Crippen molar-refractivity contribution in [1.82, 2.24) is 20.4 Å². The lowest BCUT2D eigenvalue weighted by Crippen LogP contribution is -2.48. The molecular weight excluding hydrogens is 204 g/mol. The Bertz CT molecular complexity index is 375. The molecule has 1 aromatic heterocycles.